The molecule has 0 aliphatic heterocycles. The van der Waals surface area contributed by atoms with Crippen LogP contribution >= 0.6 is 0 Å². The highest BCUT2D eigenvalue weighted by molar-refractivity contribution is 6.11. The molecule has 0 heterocycles. The summed E-state index contributed by atoms with van der Waals surface area (Å²) in [6.07, 6.45) is 0. The number of amides is 1. The molecule has 4 aromatic carbocycles. The number of hydrogen-bond donors (Lipinski definition) is 4. The van der Waals surface area contributed by atoms with Crippen molar-refractivity contribution < 1.29 is 34.1 Å². The third-order valence-corrected chi connectivity index (χ3v) is 5.95. The molecular formula is C30H24N2O7. The fourth-order valence-corrected chi connectivity index (χ4v) is 3.93. The number of hydrogen-bond acceptors (Lipinski definition) is 6. The molecule has 0 aliphatic rings. The fraction of sp³-hybridized carbons (Fsp3) is 0.0667. The van der Waals surface area contributed by atoms with E-state index in [0.29, 0.717) is 28.3 Å². The Kier molecular flexibility index (Phi) is 7.72. The Hall–Kier alpha value is -5.44. The zero-order chi connectivity index (χ0) is 28.1. The number of carbonyl (C=O) groups excluding carboxylic acids is 2. The van der Waals surface area contributed by atoms with Crippen molar-refractivity contribution in [2.24, 2.45) is 0 Å². The summed E-state index contributed by atoms with van der Waals surface area (Å²) in [6, 6.07) is 22.4. The maximum absolute atomic E-state index is 13.1. The molecule has 4 N–H and O–H groups in total. The lowest BCUT2D eigenvalue weighted by atomic mass is 9.94. The molecule has 0 saturated carbocycles. The van der Waals surface area contributed by atoms with Crippen LogP contribution in [-0.2, 0) is 0 Å². The number of nitrogens with one attached hydrogen (secondary N) is 2. The van der Waals surface area contributed by atoms with Crippen molar-refractivity contribution in [3.05, 3.63) is 107 Å². The summed E-state index contributed by atoms with van der Waals surface area (Å²) in [5, 5.41) is 24.7. The Balaban J connectivity index is 1.58. The van der Waals surface area contributed by atoms with Gasteiger partial charge in [-0.15, -0.1) is 0 Å². The maximum atomic E-state index is 13.1. The second-order valence-corrected chi connectivity index (χ2v) is 8.54. The average molecular weight is 525 g/mol. The molecule has 0 aromatic heterocycles. The van der Waals surface area contributed by atoms with E-state index in [1.807, 2.05) is 31.3 Å². The van der Waals surface area contributed by atoms with Gasteiger partial charge in [-0.2, -0.15) is 0 Å². The Labute approximate surface area is 223 Å². The molecule has 9 heteroatoms. The van der Waals surface area contributed by atoms with E-state index in [1.54, 1.807) is 24.3 Å². The third-order valence-electron chi connectivity index (χ3n) is 5.95. The van der Waals surface area contributed by atoms with Crippen molar-refractivity contribution >= 4 is 35.0 Å². The van der Waals surface area contributed by atoms with Crippen LogP contribution in [0.25, 0.3) is 11.1 Å². The van der Waals surface area contributed by atoms with Gasteiger partial charge in [0.25, 0.3) is 5.91 Å². The van der Waals surface area contributed by atoms with Crippen LogP contribution in [0.2, 0.25) is 0 Å². The number of carbonyl (C=O) groups is 4. The number of carboxylic acid groups (broad SMARTS) is 2. The Morgan fingerprint density at radius 3 is 1.54 bits per heavy atom. The number of ether oxygens (including phenoxy) is 1. The lowest BCUT2D eigenvalue weighted by Gasteiger charge is -2.12. The average Bonchev–Trinajstić information content (AvgIpc) is 2.93. The molecule has 0 bridgehead atoms. The quantitative estimate of drug-likeness (QED) is 0.194. The van der Waals surface area contributed by atoms with Crippen molar-refractivity contribution in [1.82, 2.24) is 0 Å². The van der Waals surface area contributed by atoms with Crippen LogP contribution in [-0.4, -0.2) is 40.9 Å². The van der Waals surface area contributed by atoms with Gasteiger partial charge in [-0.3, -0.25) is 9.59 Å². The molecule has 0 fully saturated rings. The summed E-state index contributed by atoms with van der Waals surface area (Å²) in [7, 11) is 1.82. The summed E-state index contributed by atoms with van der Waals surface area (Å²) in [4.78, 5) is 48.5. The fourth-order valence-electron chi connectivity index (χ4n) is 3.93. The molecule has 0 saturated heterocycles. The van der Waals surface area contributed by atoms with Crippen molar-refractivity contribution in [3.8, 4) is 22.6 Å². The van der Waals surface area contributed by atoms with Gasteiger partial charge >= 0.3 is 11.9 Å². The second-order valence-electron chi connectivity index (χ2n) is 8.54. The number of aromatic carboxylic acids is 2. The Bertz CT molecular complexity index is 1580. The van der Waals surface area contributed by atoms with Crippen LogP contribution in [0.15, 0.2) is 84.9 Å². The minimum absolute atomic E-state index is 0.00796. The van der Waals surface area contributed by atoms with Gasteiger partial charge in [0.15, 0.2) is 5.78 Å². The van der Waals surface area contributed by atoms with Gasteiger partial charge in [-0.1, -0.05) is 12.1 Å². The Morgan fingerprint density at radius 1 is 0.615 bits per heavy atom. The molecule has 4 rings (SSSR count). The number of Topliss-reactive ketones (excluding diaryl/α,β-unsaturated/α-hetero) is 1. The number of rotatable bonds is 9. The molecule has 39 heavy (non-hydrogen) atoms. The van der Waals surface area contributed by atoms with Crippen LogP contribution in [0.4, 0.5) is 11.4 Å². The highest BCUT2D eigenvalue weighted by atomic mass is 16.5. The molecule has 0 atom stereocenters. The van der Waals surface area contributed by atoms with Crippen LogP contribution in [0.5, 0.6) is 11.5 Å². The predicted molar refractivity (Wildman–Crippen MR) is 146 cm³/mol. The minimum atomic E-state index is -1.29. The van der Waals surface area contributed by atoms with Crippen LogP contribution in [0, 0.1) is 0 Å². The highest BCUT2D eigenvalue weighted by Gasteiger charge is 2.20. The topological polar surface area (TPSA) is 142 Å². The summed E-state index contributed by atoms with van der Waals surface area (Å²) < 4.78 is 5.81. The third kappa shape index (κ3) is 6.11. The first kappa shape index (κ1) is 26.6. The zero-order valence-corrected chi connectivity index (χ0v) is 21.0. The van der Waals surface area contributed by atoms with Gasteiger partial charge < -0.3 is 25.6 Å². The lowest BCUT2D eigenvalue weighted by molar-refractivity contribution is 0.0683. The monoisotopic (exact) mass is 524 g/mol. The normalized spacial score (nSPS) is 10.4. The van der Waals surface area contributed by atoms with Gasteiger partial charge in [0.1, 0.15) is 11.5 Å². The van der Waals surface area contributed by atoms with E-state index in [9.17, 15) is 29.4 Å². The van der Waals surface area contributed by atoms with E-state index < -0.39 is 23.6 Å². The van der Waals surface area contributed by atoms with Gasteiger partial charge in [0, 0.05) is 24.0 Å². The summed E-state index contributed by atoms with van der Waals surface area (Å²) in [5.74, 6) is -2.43. The molecule has 0 radical (unpaired) electrons. The standard InChI is InChI=1S/C30H24N2O7/c1-17(33)26-15-18(3-13-24(26)29(35)36)19-4-14-25(30(37)38)27(16-19)28(34)32-21-7-11-23(12-8-21)39-22-9-5-20(31-2)6-10-22/h3-16,31H,1-2H3,(H,32,34)(H,35,36)(H,37,38). The predicted octanol–water partition coefficient (Wildman–Crippen LogP) is 6.04. The van der Waals surface area contributed by atoms with E-state index in [0.717, 1.165) is 5.69 Å². The summed E-state index contributed by atoms with van der Waals surface area (Å²) in [6.45, 7) is 1.26. The molecule has 0 spiro atoms. The van der Waals surface area contributed by atoms with E-state index in [1.165, 1.54) is 43.3 Å². The van der Waals surface area contributed by atoms with Gasteiger partial charge in [-0.25, -0.2) is 9.59 Å². The van der Waals surface area contributed by atoms with Crippen LogP contribution < -0.4 is 15.4 Å². The maximum Gasteiger partial charge on any atom is 0.336 e. The summed E-state index contributed by atoms with van der Waals surface area (Å²) >= 11 is 0. The zero-order valence-electron chi connectivity index (χ0n) is 21.0. The number of carboxylic acids is 2. The SMILES string of the molecule is CNc1ccc(Oc2ccc(NC(=O)c3cc(-c4ccc(C(=O)O)c(C(C)=O)c4)ccc3C(=O)O)cc2)cc1. The molecule has 4 aromatic rings. The van der Waals surface area contributed by atoms with Crippen molar-refractivity contribution in [1.29, 1.82) is 0 Å². The first-order valence-corrected chi connectivity index (χ1v) is 11.8. The van der Waals surface area contributed by atoms with Gasteiger partial charge in [0.2, 0.25) is 0 Å². The van der Waals surface area contributed by atoms with E-state index >= 15 is 0 Å². The highest BCUT2D eigenvalue weighted by Crippen LogP contribution is 2.28. The smallest absolute Gasteiger partial charge is 0.336 e. The van der Waals surface area contributed by atoms with Crippen LogP contribution in [0.3, 0.4) is 0 Å². The second kappa shape index (κ2) is 11.3. The molecule has 1 amide bonds. The first-order chi connectivity index (χ1) is 18.7. The molecule has 0 aliphatic carbocycles. The van der Waals surface area contributed by atoms with Crippen LogP contribution in [0.1, 0.15) is 48.4 Å². The minimum Gasteiger partial charge on any atom is -0.478 e. The van der Waals surface area contributed by atoms with Gasteiger partial charge in [-0.05, 0) is 90.8 Å². The Morgan fingerprint density at radius 2 is 1.08 bits per heavy atom. The van der Waals surface area contributed by atoms with E-state index in [-0.39, 0.29) is 22.3 Å². The molecule has 0 unspecified atom stereocenters. The molecular weight excluding hydrogens is 500 g/mol. The number of anilines is 2. The lowest BCUT2D eigenvalue weighted by Crippen LogP contribution is -2.16. The van der Waals surface area contributed by atoms with Crippen molar-refractivity contribution in [3.63, 3.8) is 0 Å². The first-order valence-electron chi connectivity index (χ1n) is 11.8. The van der Waals surface area contributed by atoms with Gasteiger partial charge in [0.05, 0.1) is 16.7 Å². The van der Waals surface area contributed by atoms with E-state index in [2.05, 4.69) is 10.6 Å². The number of benzene rings is 4. The molecule has 196 valence electrons. The van der Waals surface area contributed by atoms with E-state index in [4.69, 9.17) is 4.74 Å². The molecule has 9 nitrogen and oxygen atoms in total. The van der Waals surface area contributed by atoms with Crippen molar-refractivity contribution in [2.75, 3.05) is 17.7 Å². The summed E-state index contributed by atoms with van der Waals surface area (Å²) in [5.41, 5.74) is 1.82. The van der Waals surface area contributed by atoms with Crippen molar-refractivity contribution in [2.45, 2.75) is 6.92 Å². The number of ketones is 1. The largest absolute Gasteiger partial charge is 0.478 e.